The fourth-order valence-corrected chi connectivity index (χ4v) is 3.27. The van der Waals surface area contributed by atoms with Crippen LogP contribution in [0.2, 0.25) is 0 Å². The molecule has 0 aliphatic carbocycles. The van der Waals surface area contributed by atoms with Gasteiger partial charge in [-0.15, -0.1) is 0 Å². The van der Waals surface area contributed by atoms with E-state index in [2.05, 4.69) is 0 Å². The number of rotatable bonds is 1. The monoisotopic (exact) mass is 297 g/mol. The van der Waals surface area contributed by atoms with Gasteiger partial charge in [0.25, 0.3) is 0 Å². The Balaban J connectivity index is 1.87. The lowest BCUT2D eigenvalue weighted by atomic mass is 9.91. The molecule has 0 spiro atoms. The van der Waals surface area contributed by atoms with Gasteiger partial charge in [-0.2, -0.15) is 0 Å². The molecule has 2 aliphatic rings. The second kappa shape index (κ2) is 6.22. The van der Waals surface area contributed by atoms with Crippen molar-refractivity contribution < 1.29 is 14.7 Å². The Hall–Kier alpha value is -1.30. The van der Waals surface area contributed by atoms with Gasteiger partial charge in [0, 0.05) is 46.2 Å². The highest BCUT2D eigenvalue weighted by Gasteiger charge is 2.35. The molecule has 0 aromatic carbocycles. The van der Waals surface area contributed by atoms with Crippen LogP contribution in [0, 0.1) is 5.92 Å². The number of hydrogen-bond donors (Lipinski definition) is 1. The maximum Gasteiger partial charge on any atom is 0.319 e. The second-order valence-corrected chi connectivity index (χ2v) is 6.80. The van der Waals surface area contributed by atoms with Gasteiger partial charge < -0.3 is 19.8 Å². The molecule has 3 amide bonds. The standard InChI is InChI=1S/C15H27N3O3/c1-15(21)7-4-8-18(11-15)13(19)12-5-9-17(10-6-12)14(20)16(2)3/h12,21H,4-11H2,1-3H3. The van der Waals surface area contributed by atoms with E-state index in [0.29, 0.717) is 19.6 Å². The minimum absolute atomic E-state index is 0.00916. The molecule has 0 saturated carbocycles. The van der Waals surface area contributed by atoms with Gasteiger partial charge in [-0.3, -0.25) is 4.79 Å². The van der Waals surface area contributed by atoms with Gasteiger partial charge in [0.05, 0.1) is 5.60 Å². The number of urea groups is 1. The van der Waals surface area contributed by atoms with E-state index < -0.39 is 5.60 Å². The molecule has 2 aliphatic heterocycles. The molecule has 2 fully saturated rings. The lowest BCUT2D eigenvalue weighted by molar-refractivity contribution is -0.143. The highest BCUT2D eigenvalue weighted by atomic mass is 16.3. The summed E-state index contributed by atoms with van der Waals surface area (Å²) >= 11 is 0. The van der Waals surface area contributed by atoms with E-state index in [1.54, 1.807) is 35.7 Å². The summed E-state index contributed by atoms with van der Waals surface area (Å²) in [4.78, 5) is 29.6. The number of piperidine rings is 2. The maximum atomic E-state index is 12.6. The molecule has 6 nitrogen and oxygen atoms in total. The molecule has 1 N–H and O–H groups in total. The van der Waals surface area contributed by atoms with E-state index in [9.17, 15) is 14.7 Å². The highest BCUT2D eigenvalue weighted by molar-refractivity contribution is 5.80. The lowest BCUT2D eigenvalue weighted by Crippen LogP contribution is -2.52. The predicted molar refractivity (Wildman–Crippen MR) is 79.8 cm³/mol. The first-order chi connectivity index (χ1) is 9.80. The molecule has 2 heterocycles. The fourth-order valence-electron chi connectivity index (χ4n) is 3.27. The number of β-amino-alcohol motifs (C(OH)–C–C–N with tert-alkyl or cyclic N) is 1. The molecule has 0 aromatic heterocycles. The van der Waals surface area contributed by atoms with Crippen LogP contribution in [0.1, 0.15) is 32.6 Å². The molecule has 0 aromatic rings. The summed E-state index contributed by atoms with van der Waals surface area (Å²) in [7, 11) is 3.49. The van der Waals surface area contributed by atoms with Gasteiger partial charge in [0.15, 0.2) is 0 Å². The van der Waals surface area contributed by atoms with Crippen molar-refractivity contribution in [3.8, 4) is 0 Å². The number of amides is 3. The van der Waals surface area contributed by atoms with Crippen LogP contribution < -0.4 is 0 Å². The van der Waals surface area contributed by atoms with Crippen molar-refractivity contribution in [1.29, 1.82) is 0 Å². The Kier molecular flexibility index (Phi) is 4.76. The first kappa shape index (κ1) is 16.1. The van der Waals surface area contributed by atoms with E-state index in [4.69, 9.17) is 0 Å². The zero-order valence-corrected chi connectivity index (χ0v) is 13.3. The normalized spacial score (nSPS) is 27.6. The summed E-state index contributed by atoms with van der Waals surface area (Å²) in [6, 6.07) is 0.0156. The van der Waals surface area contributed by atoms with Crippen LogP contribution in [0.15, 0.2) is 0 Å². The third-order valence-corrected chi connectivity index (χ3v) is 4.48. The molecule has 0 bridgehead atoms. The first-order valence-corrected chi connectivity index (χ1v) is 7.77. The van der Waals surface area contributed by atoms with Crippen LogP contribution >= 0.6 is 0 Å². The van der Waals surface area contributed by atoms with Crippen molar-refractivity contribution in [3.05, 3.63) is 0 Å². The minimum atomic E-state index is -0.754. The van der Waals surface area contributed by atoms with E-state index in [0.717, 1.165) is 32.2 Å². The number of carbonyl (C=O) groups is 2. The van der Waals surface area contributed by atoms with Crippen LogP contribution in [-0.4, -0.2) is 77.6 Å². The molecule has 21 heavy (non-hydrogen) atoms. The third kappa shape index (κ3) is 3.87. The molecule has 1 atom stereocenters. The fraction of sp³-hybridized carbons (Fsp3) is 0.867. The summed E-state index contributed by atoms with van der Waals surface area (Å²) in [5, 5.41) is 10.1. The van der Waals surface area contributed by atoms with E-state index in [1.807, 2.05) is 0 Å². The molecule has 6 heteroatoms. The van der Waals surface area contributed by atoms with Gasteiger partial charge in [-0.25, -0.2) is 4.79 Å². The van der Waals surface area contributed by atoms with Crippen LogP contribution in [0.3, 0.4) is 0 Å². The van der Waals surface area contributed by atoms with Gasteiger partial charge >= 0.3 is 6.03 Å². The van der Waals surface area contributed by atoms with Crippen molar-refractivity contribution in [2.75, 3.05) is 40.3 Å². The largest absolute Gasteiger partial charge is 0.388 e. The minimum Gasteiger partial charge on any atom is -0.388 e. The van der Waals surface area contributed by atoms with Crippen molar-refractivity contribution in [3.63, 3.8) is 0 Å². The first-order valence-electron chi connectivity index (χ1n) is 7.77. The number of nitrogens with zero attached hydrogens (tertiary/aromatic N) is 3. The molecule has 1 unspecified atom stereocenters. The van der Waals surface area contributed by atoms with E-state index >= 15 is 0 Å². The van der Waals surface area contributed by atoms with E-state index in [1.165, 1.54) is 0 Å². The van der Waals surface area contributed by atoms with Gasteiger partial charge in [-0.05, 0) is 32.6 Å². The van der Waals surface area contributed by atoms with Gasteiger partial charge in [-0.1, -0.05) is 0 Å². The molecular weight excluding hydrogens is 270 g/mol. The Bertz CT molecular complexity index is 401. The number of hydrogen-bond acceptors (Lipinski definition) is 3. The third-order valence-electron chi connectivity index (χ3n) is 4.48. The number of aliphatic hydroxyl groups is 1. The number of carbonyl (C=O) groups excluding carboxylic acids is 2. The smallest absolute Gasteiger partial charge is 0.319 e. The summed E-state index contributed by atoms with van der Waals surface area (Å²) in [6.07, 6.45) is 3.05. The molecule has 120 valence electrons. The van der Waals surface area contributed by atoms with Crippen LogP contribution in [0.25, 0.3) is 0 Å². The quantitative estimate of drug-likeness (QED) is 0.777. The molecular formula is C15H27N3O3. The zero-order valence-electron chi connectivity index (χ0n) is 13.3. The molecule has 0 radical (unpaired) electrons. The second-order valence-electron chi connectivity index (χ2n) is 6.80. The topological polar surface area (TPSA) is 64.1 Å². The van der Waals surface area contributed by atoms with Crippen molar-refractivity contribution in [2.24, 2.45) is 5.92 Å². The highest BCUT2D eigenvalue weighted by Crippen LogP contribution is 2.25. The molecule has 2 rings (SSSR count). The Morgan fingerprint density at radius 3 is 2.29 bits per heavy atom. The van der Waals surface area contributed by atoms with Crippen LogP contribution in [-0.2, 0) is 4.79 Å². The Morgan fingerprint density at radius 2 is 1.76 bits per heavy atom. The predicted octanol–water partition coefficient (Wildman–Crippen LogP) is 0.753. The maximum absolute atomic E-state index is 12.6. The summed E-state index contributed by atoms with van der Waals surface area (Å²) in [5.41, 5.74) is -0.754. The zero-order chi connectivity index (χ0) is 15.6. The molecule has 2 saturated heterocycles. The van der Waals surface area contributed by atoms with Crippen molar-refractivity contribution >= 4 is 11.9 Å². The average molecular weight is 297 g/mol. The van der Waals surface area contributed by atoms with Gasteiger partial charge in [0.2, 0.25) is 5.91 Å². The van der Waals surface area contributed by atoms with E-state index in [-0.39, 0.29) is 17.9 Å². The summed E-state index contributed by atoms with van der Waals surface area (Å²) in [6.45, 7) is 4.24. The van der Waals surface area contributed by atoms with Crippen molar-refractivity contribution in [1.82, 2.24) is 14.7 Å². The average Bonchev–Trinajstić information content (AvgIpc) is 2.44. The SMILES string of the molecule is CN(C)C(=O)N1CCC(C(=O)N2CCCC(C)(O)C2)CC1. The van der Waals surface area contributed by atoms with Crippen LogP contribution in [0.5, 0.6) is 0 Å². The number of likely N-dealkylation sites (tertiary alicyclic amines) is 2. The Labute approximate surface area is 126 Å². The Morgan fingerprint density at radius 1 is 1.14 bits per heavy atom. The van der Waals surface area contributed by atoms with Crippen molar-refractivity contribution in [2.45, 2.75) is 38.2 Å². The van der Waals surface area contributed by atoms with Crippen LogP contribution in [0.4, 0.5) is 4.79 Å². The van der Waals surface area contributed by atoms with Gasteiger partial charge in [0.1, 0.15) is 0 Å². The lowest BCUT2D eigenvalue weighted by Gasteiger charge is -2.40. The summed E-state index contributed by atoms with van der Waals surface area (Å²) < 4.78 is 0. The summed E-state index contributed by atoms with van der Waals surface area (Å²) in [5.74, 6) is 0.136.